The summed E-state index contributed by atoms with van der Waals surface area (Å²) < 4.78 is 4.99. The number of furan rings is 1. The van der Waals surface area contributed by atoms with Crippen LogP contribution in [0.25, 0.3) is 0 Å². The Kier molecular flexibility index (Phi) is 6.81. The maximum Gasteiger partial charge on any atom is 0.326 e. The highest BCUT2D eigenvalue weighted by Crippen LogP contribution is 2.09. The topological polar surface area (TPSA) is 109 Å². The molecule has 0 bridgehead atoms. The highest BCUT2D eigenvalue weighted by Gasteiger charge is 2.29. The van der Waals surface area contributed by atoms with E-state index in [1.807, 2.05) is 13.8 Å². The van der Waals surface area contributed by atoms with E-state index < -0.39 is 29.9 Å². The molecule has 0 unspecified atom stereocenters. The molecule has 0 aromatic carbocycles. The van der Waals surface area contributed by atoms with Gasteiger partial charge in [-0.2, -0.15) is 0 Å². The van der Waals surface area contributed by atoms with Gasteiger partial charge >= 0.3 is 5.97 Å². The molecule has 128 valence electrons. The van der Waals surface area contributed by atoms with Gasteiger partial charge in [-0.3, -0.25) is 9.59 Å². The number of nitrogens with one attached hydrogen (secondary N) is 2. The van der Waals surface area contributed by atoms with Gasteiger partial charge in [-0.1, -0.05) is 27.7 Å². The minimum Gasteiger partial charge on any atom is -0.480 e. The minimum absolute atomic E-state index is 0.0976. The molecule has 0 fully saturated rings. The molecule has 0 aliphatic heterocycles. The average molecular weight is 324 g/mol. The summed E-state index contributed by atoms with van der Waals surface area (Å²) in [6.45, 7) is 7.29. The van der Waals surface area contributed by atoms with Crippen molar-refractivity contribution in [2.75, 3.05) is 0 Å². The Balaban J connectivity index is 2.77. The van der Waals surface area contributed by atoms with Gasteiger partial charge in [0.1, 0.15) is 12.1 Å². The summed E-state index contributed by atoms with van der Waals surface area (Å²) in [7, 11) is 0. The Morgan fingerprint density at radius 1 is 1.17 bits per heavy atom. The maximum atomic E-state index is 12.4. The van der Waals surface area contributed by atoms with Crippen molar-refractivity contribution in [1.29, 1.82) is 0 Å². The van der Waals surface area contributed by atoms with Crippen molar-refractivity contribution in [3.63, 3.8) is 0 Å². The summed E-state index contributed by atoms with van der Waals surface area (Å²) >= 11 is 0. The van der Waals surface area contributed by atoms with E-state index in [0.717, 1.165) is 0 Å². The summed E-state index contributed by atoms with van der Waals surface area (Å²) in [6.07, 6.45) is 1.68. The molecular weight excluding hydrogens is 300 g/mol. The first-order valence-electron chi connectivity index (χ1n) is 7.60. The molecular formula is C16H24N2O5. The zero-order chi connectivity index (χ0) is 17.6. The van der Waals surface area contributed by atoms with Crippen LogP contribution in [0.2, 0.25) is 0 Å². The van der Waals surface area contributed by atoms with Crippen LogP contribution in [0.15, 0.2) is 22.8 Å². The van der Waals surface area contributed by atoms with Gasteiger partial charge in [-0.15, -0.1) is 0 Å². The van der Waals surface area contributed by atoms with E-state index in [4.69, 9.17) is 4.42 Å². The van der Waals surface area contributed by atoms with Crippen molar-refractivity contribution in [2.24, 2.45) is 11.8 Å². The lowest BCUT2D eigenvalue weighted by Gasteiger charge is -2.24. The molecule has 3 N–H and O–H groups in total. The van der Waals surface area contributed by atoms with Crippen LogP contribution in [0.4, 0.5) is 0 Å². The summed E-state index contributed by atoms with van der Waals surface area (Å²) in [4.78, 5) is 35.6. The molecule has 0 spiro atoms. The normalized spacial score (nSPS) is 13.7. The lowest BCUT2D eigenvalue weighted by molar-refractivity contribution is -0.142. The molecule has 23 heavy (non-hydrogen) atoms. The van der Waals surface area contributed by atoms with Crippen molar-refractivity contribution in [1.82, 2.24) is 10.6 Å². The zero-order valence-electron chi connectivity index (χ0n) is 13.8. The van der Waals surface area contributed by atoms with Gasteiger partial charge in [0.15, 0.2) is 5.76 Å². The van der Waals surface area contributed by atoms with Crippen molar-refractivity contribution in [3.8, 4) is 0 Å². The fraction of sp³-hybridized carbons (Fsp3) is 0.562. The summed E-state index contributed by atoms with van der Waals surface area (Å²) in [6, 6.07) is 1.23. The second kappa shape index (κ2) is 8.36. The molecule has 0 aliphatic carbocycles. The molecule has 0 aliphatic rings. The molecule has 1 heterocycles. The average Bonchev–Trinajstić information content (AvgIpc) is 2.96. The van der Waals surface area contributed by atoms with Crippen LogP contribution < -0.4 is 10.6 Å². The van der Waals surface area contributed by atoms with Crippen molar-refractivity contribution in [3.05, 3.63) is 24.2 Å². The number of hydrogen-bond donors (Lipinski definition) is 3. The van der Waals surface area contributed by atoms with Gasteiger partial charge in [0, 0.05) is 0 Å². The second-order valence-electron chi connectivity index (χ2n) is 6.20. The molecule has 0 saturated heterocycles. The standard InChI is InChI=1S/C16H24N2O5/c1-9(2)8-11(16(21)22)17-15(20)13(10(3)4)18-14(19)12-6-5-7-23-12/h5-7,9-11,13H,8H2,1-4H3,(H,17,20)(H,18,19)(H,21,22)/t11-,13+/m1/s1. The van der Waals surface area contributed by atoms with E-state index in [1.54, 1.807) is 19.9 Å². The molecule has 2 atom stereocenters. The molecule has 1 aromatic heterocycles. The SMILES string of the molecule is CC(C)C[C@@H](NC(=O)[C@@H](NC(=O)c1ccco1)C(C)C)C(=O)O. The quantitative estimate of drug-likeness (QED) is 0.674. The molecule has 1 rings (SSSR count). The van der Waals surface area contributed by atoms with E-state index in [1.165, 1.54) is 12.3 Å². The third kappa shape index (κ3) is 5.77. The highest BCUT2D eigenvalue weighted by molar-refractivity contribution is 5.96. The van der Waals surface area contributed by atoms with E-state index in [9.17, 15) is 19.5 Å². The predicted octanol–water partition coefficient (Wildman–Crippen LogP) is 1.65. The molecule has 7 heteroatoms. The molecule has 7 nitrogen and oxygen atoms in total. The number of aliphatic carboxylic acids is 1. The summed E-state index contributed by atoms with van der Waals surface area (Å²) in [5, 5.41) is 14.3. The van der Waals surface area contributed by atoms with E-state index >= 15 is 0 Å². The Morgan fingerprint density at radius 3 is 2.26 bits per heavy atom. The monoisotopic (exact) mass is 324 g/mol. The number of carboxylic acid groups (broad SMARTS) is 1. The van der Waals surface area contributed by atoms with Gasteiger partial charge in [0.05, 0.1) is 6.26 Å². The van der Waals surface area contributed by atoms with Crippen molar-refractivity contribution >= 4 is 17.8 Å². The number of amides is 2. The lowest BCUT2D eigenvalue weighted by atomic mass is 10.0. The largest absolute Gasteiger partial charge is 0.480 e. The van der Waals surface area contributed by atoms with Crippen LogP contribution in [0.1, 0.15) is 44.7 Å². The van der Waals surface area contributed by atoms with Crippen LogP contribution in [-0.2, 0) is 9.59 Å². The Hall–Kier alpha value is -2.31. The van der Waals surface area contributed by atoms with Crippen LogP contribution in [0.5, 0.6) is 0 Å². The van der Waals surface area contributed by atoms with Gasteiger partial charge in [-0.05, 0) is 30.4 Å². The second-order valence-corrected chi connectivity index (χ2v) is 6.20. The smallest absolute Gasteiger partial charge is 0.326 e. The molecule has 0 saturated carbocycles. The predicted molar refractivity (Wildman–Crippen MR) is 83.8 cm³/mol. The molecule has 1 aromatic rings. The zero-order valence-corrected chi connectivity index (χ0v) is 13.8. The number of carbonyl (C=O) groups excluding carboxylic acids is 2. The van der Waals surface area contributed by atoms with Gasteiger partial charge in [0.25, 0.3) is 5.91 Å². The van der Waals surface area contributed by atoms with Gasteiger partial charge < -0.3 is 20.2 Å². The van der Waals surface area contributed by atoms with E-state index in [0.29, 0.717) is 6.42 Å². The highest BCUT2D eigenvalue weighted by atomic mass is 16.4. The maximum absolute atomic E-state index is 12.4. The summed E-state index contributed by atoms with van der Waals surface area (Å²) in [5.41, 5.74) is 0. The number of hydrogen-bond acceptors (Lipinski definition) is 4. The van der Waals surface area contributed by atoms with Crippen LogP contribution in [-0.4, -0.2) is 35.0 Å². The number of carbonyl (C=O) groups is 3. The number of carboxylic acids is 1. The summed E-state index contributed by atoms with van der Waals surface area (Å²) in [5.74, 6) is -2.12. The Morgan fingerprint density at radius 2 is 1.83 bits per heavy atom. The van der Waals surface area contributed by atoms with E-state index in [-0.39, 0.29) is 17.6 Å². The Labute approximate surface area is 135 Å². The minimum atomic E-state index is -1.09. The molecule has 2 amide bonds. The van der Waals surface area contributed by atoms with Gasteiger partial charge in [0.2, 0.25) is 5.91 Å². The van der Waals surface area contributed by atoms with Crippen molar-refractivity contribution in [2.45, 2.75) is 46.2 Å². The fourth-order valence-electron chi connectivity index (χ4n) is 2.11. The van der Waals surface area contributed by atoms with Crippen LogP contribution in [0.3, 0.4) is 0 Å². The lowest BCUT2D eigenvalue weighted by Crippen LogP contribution is -2.53. The van der Waals surface area contributed by atoms with Crippen LogP contribution >= 0.6 is 0 Å². The number of rotatable bonds is 8. The van der Waals surface area contributed by atoms with Crippen molar-refractivity contribution < 1.29 is 23.9 Å². The van der Waals surface area contributed by atoms with Crippen LogP contribution in [0, 0.1) is 11.8 Å². The fourth-order valence-corrected chi connectivity index (χ4v) is 2.11. The molecule has 0 radical (unpaired) electrons. The first-order chi connectivity index (χ1) is 10.7. The first kappa shape index (κ1) is 18.7. The third-order valence-corrected chi connectivity index (χ3v) is 3.30. The Bertz CT molecular complexity index is 537. The van der Waals surface area contributed by atoms with Gasteiger partial charge in [-0.25, -0.2) is 4.79 Å². The first-order valence-corrected chi connectivity index (χ1v) is 7.60. The third-order valence-electron chi connectivity index (χ3n) is 3.30. The van der Waals surface area contributed by atoms with E-state index in [2.05, 4.69) is 10.6 Å².